The summed E-state index contributed by atoms with van der Waals surface area (Å²) in [6.07, 6.45) is 5.88. The van der Waals surface area contributed by atoms with E-state index in [1.807, 2.05) is 37.3 Å². The average Bonchev–Trinajstić information content (AvgIpc) is 3.30. The Kier molecular flexibility index (Phi) is 8.00. The highest BCUT2D eigenvalue weighted by Crippen LogP contribution is 2.41. The van der Waals surface area contributed by atoms with Crippen LogP contribution in [0.15, 0.2) is 54.1 Å². The van der Waals surface area contributed by atoms with Gasteiger partial charge in [-0.25, -0.2) is 0 Å². The van der Waals surface area contributed by atoms with Crippen molar-refractivity contribution in [2.45, 2.75) is 70.4 Å². The maximum Gasteiger partial charge on any atom is 0.250 e. The molecule has 4 rings (SSSR count). The number of hydrogen-bond donors (Lipinski definition) is 1. The number of hydrogen-bond acceptors (Lipinski definition) is 5. The predicted molar refractivity (Wildman–Crippen MR) is 139 cm³/mol. The third-order valence-electron chi connectivity index (χ3n) is 6.74. The molecule has 35 heavy (non-hydrogen) atoms. The van der Waals surface area contributed by atoms with Gasteiger partial charge >= 0.3 is 0 Å². The van der Waals surface area contributed by atoms with Crippen molar-refractivity contribution in [1.82, 2.24) is 5.32 Å². The fraction of sp³-hybridized carbons (Fsp3) is 0.414. The molecule has 1 fully saturated rings. The standard InChI is InChI=1S/C29H32N2O3S/c1-4-21-14-19(3)28-24(27(21)32)16-26(35-28)22-10-8-20(9-11-22)15-23(17-30)31-29(33)25-12-7-18(2)6-5-13-34-25/h8-11,14,16,19,23,25H,2,4-7,12-13,15H2,1,3H3,(H,31,33). The van der Waals surface area contributed by atoms with Gasteiger partial charge in [-0.15, -0.1) is 11.3 Å². The summed E-state index contributed by atoms with van der Waals surface area (Å²) >= 11 is 1.67. The highest BCUT2D eigenvalue weighted by molar-refractivity contribution is 7.16. The number of nitriles is 1. The number of allylic oxidation sites excluding steroid dienone is 3. The molecule has 1 aromatic heterocycles. The number of rotatable bonds is 6. The lowest BCUT2D eigenvalue weighted by molar-refractivity contribution is -0.134. The lowest BCUT2D eigenvalue weighted by Gasteiger charge is -2.22. The second kappa shape index (κ2) is 11.2. The third kappa shape index (κ3) is 5.80. The monoisotopic (exact) mass is 488 g/mol. The van der Waals surface area contributed by atoms with Crippen LogP contribution in [0, 0.1) is 11.3 Å². The highest BCUT2D eigenvalue weighted by Gasteiger charge is 2.27. The first kappa shape index (κ1) is 25.1. The van der Waals surface area contributed by atoms with E-state index in [4.69, 9.17) is 4.74 Å². The Hall–Kier alpha value is -3.01. The van der Waals surface area contributed by atoms with Gasteiger partial charge in [-0.3, -0.25) is 9.59 Å². The van der Waals surface area contributed by atoms with Crippen molar-refractivity contribution in [3.63, 3.8) is 0 Å². The molecule has 2 aliphatic rings. The van der Waals surface area contributed by atoms with E-state index in [1.165, 1.54) is 0 Å². The van der Waals surface area contributed by atoms with Crippen LogP contribution in [0.1, 0.15) is 72.7 Å². The largest absolute Gasteiger partial charge is 0.368 e. The summed E-state index contributed by atoms with van der Waals surface area (Å²) in [4.78, 5) is 27.7. The fourth-order valence-corrected chi connectivity index (χ4v) is 5.88. The smallest absolute Gasteiger partial charge is 0.250 e. The summed E-state index contributed by atoms with van der Waals surface area (Å²) in [7, 11) is 0. The average molecular weight is 489 g/mol. The number of carbonyl (C=O) groups is 2. The number of nitrogens with zero attached hydrogens (tertiary/aromatic N) is 1. The summed E-state index contributed by atoms with van der Waals surface area (Å²) in [5.74, 6) is 0.159. The van der Waals surface area contributed by atoms with Crippen LogP contribution < -0.4 is 5.32 Å². The van der Waals surface area contributed by atoms with Crippen molar-refractivity contribution in [1.29, 1.82) is 5.26 Å². The lowest BCUT2D eigenvalue weighted by atomic mass is 9.89. The summed E-state index contributed by atoms with van der Waals surface area (Å²) in [5, 5.41) is 12.5. The number of fused-ring (bicyclic) bond motifs is 1. The molecule has 5 nitrogen and oxygen atoms in total. The van der Waals surface area contributed by atoms with Gasteiger partial charge in [0, 0.05) is 34.3 Å². The lowest BCUT2D eigenvalue weighted by Crippen LogP contribution is -2.43. The van der Waals surface area contributed by atoms with Crippen molar-refractivity contribution in [2.24, 2.45) is 0 Å². The Morgan fingerprint density at radius 2 is 2.09 bits per heavy atom. The molecule has 2 heterocycles. The van der Waals surface area contributed by atoms with E-state index in [-0.39, 0.29) is 17.6 Å². The second-order valence-electron chi connectivity index (χ2n) is 9.39. The predicted octanol–water partition coefficient (Wildman–Crippen LogP) is 6.12. The summed E-state index contributed by atoms with van der Waals surface area (Å²) in [6, 6.07) is 11.6. The van der Waals surface area contributed by atoms with E-state index in [0.717, 1.165) is 63.3 Å². The highest BCUT2D eigenvalue weighted by atomic mass is 32.1. The minimum absolute atomic E-state index is 0.143. The molecular weight excluding hydrogens is 456 g/mol. The molecule has 182 valence electrons. The van der Waals surface area contributed by atoms with Crippen LogP contribution >= 0.6 is 11.3 Å². The molecule has 1 N–H and O–H groups in total. The summed E-state index contributed by atoms with van der Waals surface area (Å²) < 4.78 is 5.73. The molecule has 3 unspecified atom stereocenters. The number of nitrogens with one attached hydrogen (secondary N) is 1. The Bertz CT molecular complexity index is 1190. The van der Waals surface area contributed by atoms with Crippen LogP contribution in [0.3, 0.4) is 0 Å². The van der Waals surface area contributed by atoms with Gasteiger partial charge < -0.3 is 10.1 Å². The van der Waals surface area contributed by atoms with Gasteiger partial charge in [-0.2, -0.15) is 5.26 Å². The fourth-order valence-electron chi connectivity index (χ4n) is 4.70. The first-order chi connectivity index (χ1) is 16.9. The van der Waals surface area contributed by atoms with Crippen molar-refractivity contribution in [2.75, 3.05) is 6.61 Å². The summed E-state index contributed by atoms with van der Waals surface area (Å²) in [6.45, 7) is 8.73. The van der Waals surface area contributed by atoms with Crippen LogP contribution in [0.4, 0.5) is 0 Å². The first-order valence-corrected chi connectivity index (χ1v) is 13.2. The van der Waals surface area contributed by atoms with E-state index in [2.05, 4.69) is 31.0 Å². The first-order valence-electron chi connectivity index (χ1n) is 12.4. The van der Waals surface area contributed by atoms with E-state index in [9.17, 15) is 14.9 Å². The van der Waals surface area contributed by atoms with Gasteiger partial charge in [0.1, 0.15) is 12.1 Å². The van der Waals surface area contributed by atoms with Crippen LogP contribution in [-0.2, 0) is 16.0 Å². The normalized spacial score (nSPS) is 21.2. The van der Waals surface area contributed by atoms with Gasteiger partial charge in [-0.1, -0.05) is 56.3 Å². The Balaban J connectivity index is 1.40. The zero-order chi connectivity index (χ0) is 24.9. The maximum absolute atomic E-state index is 12.8. The Morgan fingerprint density at radius 3 is 2.80 bits per heavy atom. The molecule has 3 atom stereocenters. The molecule has 1 amide bonds. The van der Waals surface area contributed by atoms with E-state index < -0.39 is 12.1 Å². The Morgan fingerprint density at radius 1 is 1.31 bits per heavy atom. The molecule has 0 bridgehead atoms. The zero-order valence-electron chi connectivity index (χ0n) is 20.4. The maximum atomic E-state index is 12.8. The molecule has 6 heteroatoms. The number of benzene rings is 1. The SMILES string of the molecule is C=C1CCCOC(C(=O)NC(C#N)Cc2ccc(-c3cc4c(s3)C(C)C=C(CC)C4=O)cc2)CC1. The number of ketones is 1. The number of amides is 1. The van der Waals surface area contributed by atoms with Gasteiger partial charge in [0.05, 0.1) is 6.07 Å². The number of thiophene rings is 1. The minimum Gasteiger partial charge on any atom is -0.368 e. The van der Waals surface area contributed by atoms with Crippen molar-refractivity contribution in [3.05, 3.63) is 70.1 Å². The molecule has 0 spiro atoms. The van der Waals surface area contributed by atoms with Crippen molar-refractivity contribution in [3.8, 4) is 16.5 Å². The number of Topliss-reactive ketones (excluding diaryl/α,β-unsaturated/α-hetero) is 1. The second-order valence-corrected chi connectivity index (χ2v) is 10.5. The van der Waals surface area contributed by atoms with Gasteiger partial charge in [-0.05, 0) is 54.9 Å². The van der Waals surface area contributed by atoms with Gasteiger partial charge in [0.15, 0.2) is 5.78 Å². The van der Waals surface area contributed by atoms with E-state index in [1.54, 1.807) is 11.3 Å². The molecule has 0 radical (unpaired) electrons. The molecule has 1 aliphatic heterocycles. The topological polar surface area (TPSA) is 79.2 Å². The van der Waals surface area contributed by atoms with Crippen LogP contribution in [0.25, 0.3) is 10.4 Å². The quantitative estimate of drug-likeness (QED) is 0.497. The molecule has 1 aliphatic carbocycles. The van der Waals surface area contributed by atoms with Crippen LogP contribution in [0.2, 0.25) is 0 Å². The summed E-state index contributed by atoms with van der Waals surface area (Å²) in [5.41, 5.74) is 4.88. The minimum atomic E-state index is -0.628. The zero-order valence-corrected chi connectivity index (χ0v) is 21.2. The van der Waals surface area contributed by atoms with Crippen LogP contribution in [-0.4, -0.2) is 30.4 Å². The number of carbonyl (C=O) groups excluding carboxylic acids is 2. The van der Waals surface area contributed by atoms with Crippen molar-refractivity contribution >= 4 is 23.0 Å². The van der Waals surface area contributed by atoms with Crippen molar-refractivity contribution < 1.29 is 14.3 Å². The molecule has 0 saturated carbocycles. The van der Waals surface area contributed by atoms with Crippen LogP contribution in [0.5, 0.6) is 0 Å². The molecule has 2 aromatic rings. The van der Waals surface area contributed by atoms with Gasteiger partial charge in [0.2, 0.25) is 5.91 Å². The molecule has 1 aromatic carbocycles. The molecular formula is C29H32N2O3S. The third-order valence-corrected chi connectivity index (χ3v) is 8.12. The number of ether oxygens (including phenoxy) is 1. The van der Waals surface area contributed by atoms with E-state index in [0.29, 0.717) is 19.4 Å². The van der Waals surface area contributed by atoms with Gasteiger partial charge in [0.25, 0.3) is 0 Å². The Labute approximate surface area is 211 Å². The van der Waals surface area contributed by atoms with E-state index >= 15 is 0 Å². The molecule has 1 saturated heterocycles.